The molecule has 0 radical (unpaired) electrons. The SMILES string of the molecule is CCC1CCCC(C(N)Cc2cccnc2N)C1. The number of pyridine rings is 1. The van der Waals surface area contributed by atoms with Crippen molar-refractivity contribution in [1.29, 1.82) is 0 Å². The summed E-state index contributed by atoms with van der Waals surface area (Å²) in [6, 6.07) is 4.21. The van der Waals surface area contributed by atoms with Gasteiger partial charge in [-0.2, -0.15) is 0 Å². The van der Waals surface area contributed by atoms with Crippen molar-refractivity contribution in [2.24, 2.45) is 17.6 Å². The molecule has 0 bridgehead atoms. The van der Waals surface area contributed by atoms with Crippen LogP contribution in [-0.2, 0) is 6.42 Å². The lowest BCUT2D eigenvalue weighted by atomic mass is 9.76. The first-order valence-electron chi connectivity index (χ1n) is 7.15. The van der Waals surface area contributed by atoms with Gasteiger partial charge < -0.3 is 11.5 Å². The summed E-state index contributed by atoms with van der Waals surface area (Å²) in [5.74, 6) is 2.17. The Labute approximate surface area is 110 Å². The van der Waals surface area contributed by atoms with Crippen molar-refractivity contribution >= 4 is 5.82 Å². The Bertz CT molecular complexity index is 378. The van der Waals surface area contributed by atoms with Gasteiger partial charge in [0.2, 0.25) is 0 Å². The van der Waals surface area contributed by atoms with Crippen LogP contribution in [0.15, 0.2) is 18.3 Å². The Morgan fingerprint density at radius 1 is 1.44 bits per heavy atom. The number of rotatable bonds is 4. The molecule has 100 valence electrons. The van der Waals surface area contributed by atoms with Gasteiger partial charge in [0.15, 0.2) is 0 Å². The second-order valence-electron chi connectivity index (χ2n) is 5.62. The number of nitrogen functional groups attached to an aromatic ring is 1. The second-order valence-corrected chi connectivity index (χ2v) is 5.62. The fourth-order valence-corrected chi connectivity index (χ4v) is 3.14. The summed E-state index contributed by atoms with van der Waals surface area (Å²) < 4.78 is 0. The van der Waals surface area contributed by atoms with Crippen LogP contribution >= 0.6 is 0 Å². The van der Waals surface area contributed by atoms with E-state index < -0.39 is 0 Å². The van der Waals surface area contributed by atoms with E-state index in [9.17, 15) is 0 Å². The molecular weight excluding hydrogens is 222 g/mol. The van der Waals surface area contributed by atoms with Crippen LogP contribution in [0.25, 0.3) is 0 Å². The van der Waals surface area contributed by atoms with E-state index in [1.54, 1.807) is 6.20 Å². The van der Waals surface area contributed by atoms with E-state index in [1.807, 2.05) is 12.1 Å². The fourth-order valence-electron chi connectivity index (χ4n) is 3.14. The summed E-state index contributed by atoms with van der Waals surface area (Å²) in [7, 11) is 0. The van der Waals surface area contributed by atoms with E-state index in [2.05, 4.69) is 11.9 Å². The molecule has 0 aliphatic heterocycles. The summed E-state index contributed by atoms with van der Waals surface area (Å²) in [5, 5.41) is 0. The maximum Gasteiger partial charge on any atom is 0.126 e. The first-order valence-corrected chi connectivity index (χ1v) is 7.15. The third-order valence-corrected chi connectivity index (χ3v) is 4.39. The number of nitrogens with two attached hydrogens (primary N) is 2. The molecule has 4 N–H and O–H groups in total. The average Bonchev–Trinajstić information content (AvgIpc) is 2.41. The lowest BCUT2D eigenvalue weighted by Crippen LogP contribution is -2.35. The Morgan fingerprint density at radius 2 is 2.28 bits per heavy atom. The van der Waals surface area contributed by atoms with E-state index in [-0.39, 0.29) is 6.04 Å². The molecular formula is C15H25N3. The molecule has 1 aliphatic rings. The van der Waals surface area contributed by atoms with Crippen molar-refractivity contribution in [3.63, 3.8) is 0 Å². The molecule has 2 rings (SSSR count). The zero-order valence-electron chi connectivity index (χ0n) is 11.3. The average molecular weight is 247 g/mol. The van der Waals surface area contributed by atoms with Gasteiger partial charge in [-0.3, -0.25) is 0 Å². The molecule has 0 spiro atoms. The predicted molar refractivity (Wildman–Crippen MR) is 76.1 cm³/mol. The molecule has 1 fully saturated rings. The quantitative estimate of drug-likeness (QED) is 0.860. The van der Waals surface area contributed by atoms with Gasteiger partial charge >= 0.3 is 0 Å². The fraction of sp³-hybridized carbons (Fsp3) is 0.667. The van der Waals surface area contributed by atoms with Gasteiger partial charge in [0, 0.05) is 12.2 Å². The molecule has 18 heavy (non-hydrogen) atoms. The molecule has 0 amide bonds. The van der Waals surface area contributed by atoms with E-state index >= 15 is 0 Å². The molecule has 1 saturated carbocycles. The highest BCUT2D eigenvalue weighted by Gasteiger charge is 2.26. The molecule has 3 unspecified atom stereocenters. The van der Waals surface area contributed by atoms with Crippen molar-refractivity contribution in [3.05, 3.63) is 23.9 Å². The summed E-state index contributed by atoms with van der Waals surface area (Å²) >= 11 is 0. The Balaban J connectivity index is 1.95. The standard InChI is InChI=1S/C15H25N3/c1-2-11-5-3-6-12(9-11)14(16)10-13-7-4-8-18-15(13)17/h4,7-8,11-12,14H,2-3,5-6,9-10,16H2,1H3,(H2,17,18). The Kier molecular flexibility index (Phi) is 4.59. The molecule has 1 aromatic heterocycles. The minimum absolute atomic E-state index is 0.228. The first kappa shape index (κ1) is 13.3. The van der Waals surface area contributed by atoms with Crippen LogP contribution in [0.4, 0.5) is 5.82 Å². The number of anilines is 1. The zero-order chi connectivity index (χ0) is 13.0. The van der Waals surface area contributed by atoms with Crippen molar-refractivity contribution in [2.45, 2.75) is 51.5 Å². The highest BCUT2D eigenvalue weighted by atomic mass is 14.8. The minimum atomic E-state index is 0.228. The lowest BCUT2D eigenvalue weighted by molar-refractivity contribution is 0.228. The van der Waals surface area contributed by atoms with Crippen molar-refractivity contribution in [2.75, 3.05) is 5.73 Å². The molecule has 3 atom stereocenters. The smallest absolute Gasteiger partial charge is 0.126 e. The van der Waals surface area contributed by atoms with Crippen molar-refractivity contribution in [3.8, 4) is 0 Å². The maximum absolute atomic E-state index is 6.38. The van der Waals surface area contributed by atoms with Crippen LogP contribution in [0.2, 0.25) is 0 Å². The zero-order valence-corrected chi connectivity index (χ0v) is 11.3. The molecule has 1 heterocycles. The Morgan fingerprint density at radius 3 is 3.00 bits per heavy atom. The number of nitrogens with zero attached hydrogens (tertiary/aromatic N) is 1. The number of hydrogen-bond donors (Lipinski definition) is 2. The molecule has 1 aromatic rings. The topological polar surface area (TPSA) is 64.9 Å². The number of aromatic nitrogens is 1. The van der Waals surface area contributed by atoms with Crippen LogP contribution in [0, 0.1) is 11.8 Å². The third-order valence-electron chi connectivity index (χ3n) is 4.39. The second kappa shape index (κ2) is 6.19. The van der Waals surface area contributed by atoms with Gasteiger partial charge in [-0.15, -0.1) is 0 Å². The monoisotopic (exact) mass is 247 g/mol. The molecule has 0 aromatic carbocycles. The highest BCUT2D eigenvalue weighted by Crippen LogP contribution is 2.33. The maximum atomic E-state index is 6.38. The molecule has 3 heteroatoms. The van der Waals surface area contributed by atoms with E-state index in [0.717, 1.165) is 17.9 Å². The van der Waals surface area contributed by atoms with Gasteiger partial charge in [-0.25, -0.2) is 4.98 Å². The van der Waals surface area contributed by atoms with E-state index in [0.29, 0.717) is 11.7 Å². The molecule has 1 aliphatic carbocycles. The highest BCUT2D eigenvalue weighted by molar-refractivity contribution is 5.38. The largest absolute Gasteiger partial charge is 0.383 e. The van der Waals surface area contributed by atoms with Crippen LogP contribution < -0.4 is 11.5 Å². The molecule has 3 nitrogen and oxygen atoms in total. The van der Waals surface area contributed by atoms with Gasteiger partial charge in [0.25, 0.3) is 0 Å². The summed E-state index contributed by atoms with van der Waals surface area (Å²) in [4.78, 5) is 4.13. The Hall–Kier alpha value is -1.09. The van der Waals surface area contributed by atoms with Gasteiger partial charge in [0.05, 0.1) is 0 Å². The van der Waals surface area contributed by atoms with Crippen molar-refractivity contribution in [1.82, 2.24) is 4.98 Å². The molecule has 0 saturated heterocycles. The number of hydrogen-bond acceptors (Lipinski definition) is 3. The minimum Gasteiger partial charge on any atom is -0.383 e. The first-order chi connectivity index (χ1) is 8.70. The van der Waals surface area contributed by atoms with Crippen LogP contribution in [0.5, 0.6) is 0 Å². The van der Waals surface area contributed by atoms with Crippen LogP contribution in [0.3, 0.4) is 0 Å². The third kappa shape index (κ3) is 3.22. The van der Waals surface area contributed by atoms with Crippen LogP contribution in [-0.4, -0.2) is 11.0 Å². The van der Waals surface area contributed by atoms with Crippen LogP contribution in [0.1, 0.15) is 44.6 Å². The van der Waals surface area contributed by atoms with Gasteiger partial charge in [0.1, 0.15) is 5.82 Å². The summed E-state index contributed by atoms with van der Waals surface area (Å²) in [5.41, 5.74) is 13.4. The van der Waals surface area contributed by atoms with Gasteiger partial charge in [-0.05, 0) is 42.7 Å². The normalized spacial score (nSPS) is 25.9. The van der Waals surface area contributed by atoms with E-state index in [4.69, 9.17) is 11.5 Å². The lowest BCUT2D eigenvalue weighted by Gasteiger charge is -2.32. The van der Waals surface area contributed by atoms with Gasteiger partial charge in [-0.1, -0.05) is 32.3 Å². The van der Waals surface area contributed by atoms with Crippen molar-refractivity contribution < 1.29 is 0 Å². The summed E-state index contributed by atoms with van der Waals surface area (Å²) in [6.45, 7) is 2.29. The van der Waals surface area contributed by atoms with E-state index in [1.165, 1.54) is 32.1 Å². The predicted octanol–water partition coefficient (Wildman–Crippen LogP) is 2.75. The summed E-state index contributed by atoms with van der Waals surface area (Å²) in [6.07, 6.45) is 9.17.